The summed E-state index contributed by atoms with van der Waals surface area (Å²) >= 11 is 0. The van der Waals surface area contributed by atoms with E-state index in [1.165, 1.54) is 12.5 Å². The van der Waals surface area contributed by atoms with Crippen LogP contribution in [0.4, 0.5) is 0 Å². The maximum atomic E-state index is 11.1. The molecule has 0 bridgehead atoms. The highest BCUT2D eigenvalue weighted by atomic mass is 16.1. The Morgan fingerprint density at radius 2 is 2.23 bits per heavy atom. The van der Waals surface area contributed by atoms with Crippen LogP contribution in [0.1, 0.15) is 33.6 Å². The molecule has 0 amide bonds. The lowest BCUT2D eigenvalue weighted by atomic mass is 9.60. The van der Waals surface area contributed by atoms with Gasteiger partial charge in [0.05, 0.1) is 0 Å². The molecular formula is C12H20O. The van der Waals surface area contributed by atoms with E-state index in [9.17, 15) is 4.79 Å². The van der Waals surface area contributed by atoms with Crippen molar-refractivity contribution in [3.8, 4) is 0 Å². The second kappa shape index (κ2) is 4.08. The summed E-state index contributed by atoms with van der Waals surface area (Å²) in [6.45, 7) is 10.3. The van der Waals surface area contributed by atoms with Gasteiger partial charge in [-0.25, -0.2) is 0 Å². The average molecular weight is 180 g/mol. The highest BCUT2D eigenvalue weighted by Gasteiger charge is 2.39. The molecule has 0 saturated heterocycles. The second-order valence-electron chi connectivity index (χ2n) is 4.64. The third-order valence-corrected chi connectivity index (χ3v) is 3.54. The minimum absolute atomic E-state index is 0.207. The van der Waals surface area contributed by atoms with E-state index in [0.717, 1.165) is 17.8 Å². The van der Waals surface area contributed by atoms with Gasteiger partial charge in [0.25, 0.3) is 0 Å². The van der Waals surface area contributed by atoms with E-state index in [-0.39, 0.29) is 5.78 Å². The van der Waals surface area contributed by atoms with Gasteiger partial charge in [0.15, 0.2) is 5.78 Å². The maximum Gasteiger partial charge on any atom is 0.155 e. The van der Waals surface area contributed by atoms with E-state index in [1.54, 1.807) is 0 Å². The normalized spacial score (nSPS) is 32.8. The van der Waals surface area contributed by atoms with Gasteiger partial charge in [0, 0.05) is 6.42 Å². The summed E-state index contributed by atoms with van der Waals surface area (Å²) in [5.41, 5.74) is 0. The van der Waals surface area contributed by atoms with Crippen molar-refractivity contribution in [1.29, 1.82) is 0 Å². The Morgan fingerprint density at radius 3 is 2.62 bits per heavy atom. The first-order chi connectivity index (χ1) is 6.06. The second-order valence-corrected chi connectivity index (χ2v) is 4.64. The first-order valence-electron chi connectivity index (χ1n) is 5.21. The maximum absolute atomic E-state index is 11.1. The summed E-state index contributed by atoms with van der Waals surface area (Å²) in [4.78, 5) is 11.1. The molecule has 1 aliphatic carbocycles. The molecule has 13 heavy (non-hydrogen) atoms. The summed E-state index contributed by atoms with van der Waals surface area (Å²) in [5.74, 6) is 3.16. The fourth-order valence-corrected chi connectivity index (χ4v) is 2.42. The molecule has 3 atom stereocenters. The molecule has 3 unspecified atom stereocenters. The van der Waals surface area contributed by atoms with Gasteiger partial charge in [-0.05, 0) is 36.2 Å². The molecule has 1 heteroatoms. The van der Waals surface area contributed by atoms with Crippen LogP contribution in [0.2, 0.25) is 0 Å². The van der Waals surface area contributed by atoms with E-state index in [2.05, 4.69) is 27.4 Å². The van der Waals surface area contributed by atoms with Crippen molar-refractivity contribution < 1.29 is 4.79 Å². The topological polar surface area (TPSA) is 17.1 Å². The summed E-state index contributed by atoms with van der Waals surface area (Å²) in [6.07, 6.45) is 3.40. The SMILES string of the molecule is C=CC(=O)CC1CC(C(C)C)C1C. The number of rotatable bonds is 4. The van der Waals surface area contributed by atoms with Crippen LogP contribution in [-0.2, 0) is 4.79 Å². The lowest BCUT2D eigenvalue weighted by molar-refractivity contribution is -0.117. The molecule has 1 aliphatic rings. The standard InChI is InChI=1S/C12H20O/c1-5-11(13)6-10-7-12(8(2)3)9(10)4/h5,8-10,12H,1,6-7H2,2-4H3. The minimum atomic E-state index is 0.207. The number of hydrogen-bond acceptors (Lipinski definition) is 1. The first-order valence-corrected chi connectivity index (χ1v) is 5.21. The van der Waals surface area contributed by atoms with E-state index in [1.807, 2.05) is 0 Å². The van der Waals surface area contributed by atoms with Crippen molar-refractivity contribution in [3.05, 3.63) is 12.7 Å². The third-order valence-electron chi connectivity index (χ3n) is 3.54. The lowest BCUT2D eigenvalue weighted by Crippen LogP contribution is -2.38. The number of carbonyl (C=O) groups is 1. The predicted octanol–water partition coefficient (Wildman–Crippen LogP) is 3.06. The zero-order valence-electron chi connectivity index (χ0n) is 8.92. The summed E-state index contributed by atoms with van der Waals surface area (Å²) in [7, 11) is 0. The monoisotopic (exact) mass is 180 g/mol. The van der Waals surface area contributed by atoms with Crippen LogP contribution >= 0.6 is 0 Å². The Bertz CT molecular complexity index is 205. The Hall–Kier alpha value is -0.590. The number of ketones is 1. The van der Waals surface area contributed by atoms with Crippen molar-refractivity contribution in [2.45, 2.75) is 33.6 Å². The zero-order valence-corrected chi connectivity index (χ0v) is 8.92. The molecule has 0 heterocycles. The Morgan fingerprint density at radius 1 is 1.62 bits per heavy atom. The van der Waals surface area contributed by atoms with Crippen LogP contribution in [0.5, 0.6) is 0 Å². The van der Waals surface area contributed by atoms with Crippen LogP contribution in [0.15, 0.2) is 12.7 Å². The van der Waals surface area contributed by atoms with Crippen molar-refractivity contribution >= 4 is 5.78 Å². The highest BCUT2D eigenvalue weighted by molar-refractivity contribution is 5.89. The fourth-order valence-electron chi connectivity index (χ4n) is 2.42. The van der Waals surface area contributed by atoms with Crippen molar-refractivity contribution in [2.24, 2.45) is 23.7 Å². The van der Waals surface area contributed by atoms with Crippen molar-refractivity contribution in [2.75, 3.05) is 0 Å². The van der Waals surface area contributed by atoms with Gasteiger partial charge in [0.2, 0.25) is 0 Å². The van der Waals surface area contributed by atoms with Gasteiger partial charge < -0.3 is 0 Å². The number of carbonyl (C=O) groups excluding carboxylic acids is 1. The van der Waals surface area contributed by atoms with Gasteiger partial charge in [-0.2, -0.15) is 0 Å². The van der Waals surface area contributed by atoms with Crippen LogP contribution in [-0.4, -0.2) is 5.78 Å². The molecule has 0 spiro atoms. The van der Waals surface area contributed by atoms with Crippen LogP contribution in [0, 0.1) is 23.7 Å². The molecule has 1 saturated carbocycles. The average Bonchev–Trinajstić information content (AvgIpc) is 2.09. The molecule has 74 valence electrons. The fraction of sp³-hybridized carbons (Fsp3) is 0.750. The lowest BCUT2D eigenvalue weighted by Gasteiger charge is -2.45. The largest absolute Gasteiger partial charge is 0.295 e. The van der Waals surface area contributed by atoms with Gasteiger partial charge in [-0.1, -0.05) is 27.4 Å². The molecule has 1 nitrogen and oxygen atoms in total. The Balaban J connectivity index is 2.35. The Labute approximate surface area is 81.2 Å². The molecule has 1 rings (SSSR count). The molecule has 0 aliphatic heterocycles. The van der Waals surface area contributed by atoms with Gasteiger partial charge >= 0.3 is 0 Å². The molecule has 0 N–H and O–H groups in total. The van der Waals surface area contributed by atoms with Crippen LogP contribution in [0.25, 0.3) is 0 Å². The van der Waals surface area contributed by atoms with Crippen molar-refractivity contribution in [1.82, 2.24) is 0 Å². The van der Waals surface area contributed by atoms with Gasteiger partial charge in [0.1, 0.15) is 0 Å². The van der Waals surface area contributed by atoms with E-state index in [4.69, 9.17) is 0 Å². The van der Waals surface area contributed by atoms with E-state index < -0.39 is 0 Å². The third kappa shape index (κ3) is 2.20. The van der Waals surface area contributed by atoms with Crippen LogP contribution in [0.3, 0.4) is 0 Å². The smallest absolute Gasteiger partial charge is 0.155 e. The van der Waals surface area contributed by atoms with Crippen LogP contribution < -0.4 is 0 Å². The molecule has 1 fully saturated rings. The summed E-state index contributed by atoms with van der Waals surface area (Å²) in [5, 5.41) is 0. The van der Waals surface area contributed by atoms with E-state index >= 15 is 0 Å². The highest BCUT2D eigenvalue weighted by Crippen LogP contribution is 2.46. The molecule has 0 radical (unpaired) electrons. The van der Waals surface area contributed by atoms with Crippen molar-refractivity contribution in [3.63, 3.8) is 0 Å². The quantitative estimate of drug-likeness (QED) is 0.608. The number of allylic oxidation sites excluding steroid dienone is 1. The Kier molecular flexibility index (Phi) is 3.29. The number of hydrogen-bond donors (Lipinski definition) is 0. The van der Waals surface area contributed by atoms with E-state index in [0.29, 0.717) is 12.3 Å². The first kappa shape index (κ1) is 10.5. The molecular weight excluding hydrogens is 160 g/mol. The molecule has 0 aromatic carbocycles. The van der Waals surface area contributed by atoms with Gasteiger partial charge in [-0.3, -0.25) is 4.79 Å². The molecule has 0 aromatic rings. The van der Waals surface area contributed by atoms with Gasteiger partial charge in [-0.15, -0.1) is 0 Å². The minimum Gasteiger partial charge on any atom is -0.295 e. The molecule has 0 aromatic heterocycles. The zero-order chi connectivity index (χ0) is 10.0. The summed E-state index contributed by atoms with van der Waals surface area (Å²) in [6, 6.07) is 0. The predicted molar refractivity (Wildman–Crippen MR) is 55.4 cm³/mol. The summed E-state index contributed by atoms with van der Waals surface area (Å²) < 4.78 is 0.